The van der Waals surface area contributed by atoms with E-state index in [4.69, 9.17) is 4.74 Å². The second-order valence-corrected chi connectivity index (χ2v) is 7.49. The lowest BCUT2D eigenvalue weighted by Crippen LogP contribution is -2.47. The van der Waals surface area contributed by atoms with Crippen molar-refractivity contribution in [2.45, 2.75) is 23.8 Å². The molecular formula is C17H21N3O3S. The fourth-order valence-corrected chi connectivity index (χ4v) is 4.17. The maximum atomic E-state index is 12.6. The first-order valence-corrected chi connectivity index (χ1v) is 9.39. The van der Waals surface area contributed by atoms with Crippen LogP contribution < -0.4 is 14.4 Å². The molecule has 1 N–H and O–H groups in total. The second kappa shape index (κ2) is 7.19. The Balaban J connectivity index is 1.72. The average molecular weight is 347 g/mol. The zero-order valence-corrected chi connectivity index (χ0v) is 14.4. The Labute approximate surface area is 142 Å². The number of anilines is 1. The minimum atomic E-state index is -3.58. The van der Waals surface area contributed by atoms with E-state index in [1.807, 2.05) is 18.2 Å². The molecular weight excluding hydrogens is 326 g/mol. The maximum Gasteiger partial charge on any atom is 0.241 e. The number of benzene rings is 1. The van der Waals surface area contributed by atoms with Gasteiger partial charge in [0.15, 0.2) is 0 Å². The lowest BCUT2D eigenvalue weighted by Gasteiger charge is -2.33. The third kappa shape index (κ3) is 3.85. The van der Waals surface area contributed by atoms with E-state index in [2.05, 4.69) is 14.6 Å². The molecule has 1 atom stereocenters. The topological polar surface area (TPSA) is 71.5 Å². The third-order valence-corrected chi connectivity index (χ3v) is 5.59. The summed E-state index contributed by atoms with van der Waals surface area (Å²) in [4.78, 5) is 6.68. The number of piperidine rings is 1. The van der Waals surface area contributed by atoms with Gasteiger partial charge in [-0.15, -0.1) is 0 Å². The first-order valence-electron chi connectivity index (χ1n) is 7.91. The number of nitrogens with zero attached hydrogens (tertiary/aromatic N) is 2. The third-order valence-electron chi connectivity index (χ3n) is 4.07. The molecule has 7 heteroatoms. The van der Waals surface area contributed by atoms with Crippen molar-refractivity contribution < 1.29 is 13.2 Å². The van der Waals surface area contributed by atoms with Crippen LogP contribution in [0.5, 0.6) is 5.75 Å². The number of pyridine rings is 1. The summed E-state index contributed by atoms with van der Waals surface area (Å²) in [6.45, 7) is 1.49. The summed E-state index contributed by atoms with van der Waals surface area (Å²) < 4.78 is 33.1. The molecule has 0 amide bonds. The zero-order chi connectivity index (χ0) is 17.0. The second-order valence-electron chi connectivity index (χ2n) is 5.77. The van der Waals surface area contributed by atoms with Gasteiger partial charge in [0.1, 0.15) is 11.6 Å². The summed E-state index contributed by atoms with van der Waals surface area (Å²) in [6, 6.07) is 12.1. The van der Waals surface area contributed by atoms with E-state index in [1.165, 1.54) is 13.2 Å². The lowest BCUT2D eigenvalue weighted by molar-refractivity contribution is 0.413. The summed E-state index contributed by atoms with van der Waals surface area (Å²) in [6.07, 6.45) is 3.48. The molecule has 1 aromatic carbocycles. The molecule has 24 heavy (non-hydrogen) atoms. The highest BCUT2D eigenvalue weighted by molar-refractivity contribution is 7.89. The molecule has 0 radical (unpaired) electrons. The minimum absolute atomic E-state index is 0.142. The molecule has 1 aromatic heterocycles. The van der Waals surface area contributed by atoms with Crippen LogP contribution in [-0.2, 0) is 10.0 Å². The molecule has 1 saturated heterocycles. The van der Waals surface area contributed by atoms with E-state index in [0.29, 0.717) is 12.3 Å². The van der Waals surface area contributed by atoms with Crippen molar-refractivity contribution in [3.63, 3.8) is 0 Å². The SMILES string of the molecule is COc1cccc(S(=O)(=O)N[C@H]2CCCN(c3ccccn3)C2)c1. The van der Waals surface area contributed by atoms with Crippen LogP contribution in [0.2, 0.25) is 0 Å². The molecule has 0 aliphatic carbocycles. The van der Waals surface area contributed by atoms with Crippen LogP contribution in [0, 0.1) is 0 Å². The quantitative estimate of drug-likeness (QED) is 0.896. The van der Waals surface area contributed by atoms with Crippen molar-refractivity contribution in [1.82, 2.24) is 9.71 Å². The van der Waals surface area contributed by atoms with Crippen LogP contribution in [0.4, 0.5) is 5.82 Å². The van der Waals surface area contributed by atoms with Gasteiger partial charge in [-0.05, 0) is 37.1 Å². The normalized spacial score (nSPS) is 18.4. The predicted molar refractivity (Wildman–Crippen MR) is 92.8 cm³/mol. The van der Waals surface area contributed by atoms with Crippen LogP contribution in [0.3, 0.4) is 0 Å². The van der Waals surface area contributed by atoms with Gasteiger partial charge in [0.25, 0.3) is 0 Å². The molecule has 0 spiro atoms. The van der Waals surface area contributed by atoms with Gasteiger partial charge >= 0.3 is 0 Å². The molecule has 2 heterocycles. The maximum absolute atomic E-state index is 12.6. The van der Waals surface area contributed by atoms with Gasteiger partial charge < -0.3 is 9.64 Å². The molecule has 6 nitrogen and oxygen atoms in total. The number of nitrogens with one attached hydrogen (secondary N) is 1. The standard InChI is InChI=1S/C17H21N3O3S/c1-23-15-7-4-8-16(12-15)24(21,22)19-14-6-5-11-20(13-14)17-9-2-3-10-18-17/h2-4,7-10,12,14,19H,5-6,11,13H2,1H3/t14-/m0/s1. The molecule has 128 valence electrons. The molecule has 0 unspecified atom stereocenters. The fourth-order valence-electron chi connectivity index (χ4n) is 2.88. The zero-order valence-electron chi connectivity index (χ0n) is 13.6. The molecule has 3 rings (SSSR count). The first kappa shape index (κ1) is 16.7. The lowest BCUT2D eigenvalue weighted by atomic mass is 10.1. The summed E-state index contributed by atoms with van der Waals surface area (Å²) >= 11 is 0. The van der Waals surface area contributed by atoms with Gasteiger partial charge in [0.05, 0.1) is 12.0 Å². The van der Waals surface area contributed by atoms with E-state index >= 15 is 0 Å². The Hall–Kier alpha value is -2.12. The molecule has 0 bridgehead atoms. The molecule has 1 aliphatic rings. The van der Waals surface area contributed by atoms with Gasteiger partial charge in [-0.2, -0.15) is 0 Å². The number of hydrogen-bond donors (Lipinski definition) is 1. The van der Waals surface area contributed by atoms with E-state index in [1.54, 1.807) is 24.4 Å². The van der Waals surface area contributed by atoms with E-state index < -0.39 is 10.0 Å². The summed E-state index contributed by atoms with van der Waals surface area (Å²) in [5, 5.41) is 0. The van der Waals surface area contributed by atoms with Crippen molar-refractivity contribution >= 4 is 15.8 Å². The number of rotatable bonds is 5. The average Bonchev–Trinajstić information content (AvgIpc) is 2.62. The largest absolute Gasteiger partial charge is 0.497 e. The van der Waals surface area contributed by atoms with Gasteiger partial charge in [0.2, 0.25) is 10.0 Å². The molecule has 1 fully saturated rings. The van der Waals surface area contributed by atoms with Crippen LogP contribution in [0.25, 0.3) is 0 Å². The Morgan fingerprint density at radius 2 is 2.12 bits per heavy atom. The number of hydrogen-bond acceptors (Lipinski definition) is 5. The Morgan fingerprint density at radius 3 is 2.88 bits per heavy atom. The van der Waals surface area contributed by atoms with Crippen molar-refractivity contribution in [2.24, 2.45) is 0 Å². The van der Waals surface area contributed by atoms with E-state index in [0.717, 1.165) is 25.2 Å². The van der Waals surface area contributed by atoms with Crippen molar-refractivity contribution in [1.29, 1.82) is 0 Å². The number of methoxy groups -OCH3 is 1. The summed E-state index contributed by atoms with van der Waals surface area (Å²) in [5.74, 6) is 1.40. The smallest absolute Gasteiger partial charge is 0.241 e. The number of sulfonamides is 1. The molecule has 1 aliphatic heterocycles. The van der Waals surface area contributed by atoms with Crippen LogP contribution in [-0.4, -0.2) is 39.6 Å². The van der Waals surface area contributed by atoms with Crippen LogP contribution in [0.1, 0.15) is 12.8 Å². The summed E-state index contributed by atoms with van der Waals surface area (Å²) in [7, 11) is -2.06. The number of ether oxygens (including phenoxy) is 1. The van der Waals surface area contributed by atoms with Crippen LogP contribution in [0.15, 0.2) is 53.6 Å². The van der Waals surface area contributed by atoms with Gasteiger partial charge in [-0.3, -0.25) is 0 Å². The van der Waals surface area contributed by atoms with Gasteiger partial charge in [0, 0.05) is 31.4 Å². The van der Waals surface area contributed by atoms with Gasteiger partial charge in [-0.25, -0.2) is 18.1 Å². The first-order chi connectivity index (χ1) is 11.6. The fraction of sp³-hybridized carbons (Fsp3) is 0.353. The van der Waals surface area contributed by atoms with Crippen molar-refractivity contribution in [3.05, 3.63) is 48.7 Å². The predicted octanol–water partition coefficient (Wildman–Crippen LogP) is 2.04. The Kier molecular flexibility index (Phi) is 5.01. The Morgan fingerprint density at radius 1 is 1.25 bits per heavy atom. The van der Waals surface area contributed by atoms with Crippen LogP contribution >= 0.6 is 0 Å². The summed E-state index contributed by atoms with van der Waals surface area (Å²) in [5.41, 5.74) is 0. The van der Waals surface area contributed by atoms with E-state index in [9.17, 15) is 8.42 Å². The van der Waals surface area contributed by atoms with Crippen molar-refractivity contribution in [2.75, 3.05) is 25.1 Å². The van der Waals surface area contributed by atoms with E-state index in [-0.39, 0.29) is 10.9 Å². The molecule has 2 aromatic rings. The highest BCUT2D eigenvalue weighted by Crippen LogP contribution is 2.21. The highest BCUT2D eigenvalue weighted by Gasteiger charge is 2.26. The van der Waals surface area contributed by atoms with Crippen molar-refractivity contribution in [3.8, 4) is 5.75 Å². The number of aromatic nitrogens is 1. The minimum Gasteiger partial charge on any atom is -0.497 e. The monoisotopic (exact) mass is 347 g/mol. The Bertz CT molecular complexity index is 781. The molecule has 0 saturated carbocycles. The van der Waals surface area contributed by atoms with Gasteiger partial charge in [-0.1, -0.05) is 12.1 Å². The highest BCUT2D eigenvalue weighted by atomic mass is 32.2.